The van der Waals surface area contributed by atoms with E-state index in [1.165, 1.54) is 0 Å². The minimum absolute atomic E-state index is 0.0654. The molecule has 2 rings (SSSR count). The van der Waals surface area contributed by atoms with Crippen LogP contribution in [0.25, 0.3) is 0 Å². The highest BCUT2D eigenvalue weighted by atomic mass is 16.3. The topological polar surface area (TPSA) is 45.5 Å². The second kappa shape index (κ2) is 5.18. The van der Waals surface area contributed by atoms with Gasteiger partial charge in [0.05, 0.1) is 0 Å². The zero-order chi connectivity index (χ0) is 14.0. The third kappa shape index (κ3) is 2.62. The highest BCUT2D eigenvalue weighted by Gasteiger charge is 2.17. The van der Waals surface area contributed by atoms with Crippen LogP contribution in [-0.2, 0) is 0 Å². The molecule has 1 heterocycles. The van der Waals surface area contributed by atoms with Crippen LogP contribution in [0, 0.1) is 0 Å². The maximum absolute atomic E-state index is 12.5. The number of phenols is 1. The minimum Gasteiger partial charge on any atom is -0.508 e. The van der Waals surface area contributed by atoms with Crippen molar-refractivity contribution in [2.24, 2.45) is 0 Å². The van der Waals surface area contributed by atoms with Gasteiger partial charge in [0, 0.05) is 25.0 Å². The standard InChI is InChI=1S/C15H18N2O2/c1-11(2)17-10-4-5-14(17)15(19)16(3)12-6-8-13(18)9-7-12/h4-11,18H,1-3H3. The molecule has 0 aliphatic carbocycles. The molecule has 0 saturated carbocycles. The molecular formula is C15H18N2O2. The lowest BCUT2D eigenvalue weighted by Crippen LogP contribution is -2.28. The van der Waals surface area contributed by atoms with E-state index in [9.17, 15) is 9.90 Å². The Morgan fingerprint density at radius 1 is 1.21 bits per heavy atom. The van der Waals surface area contributed by atoms with Gasteiger partial charge in [-0.1, -0.05) is 0 Å². The quantitative estimate of drug-likeness (QED) is 0.919. The molecule has 1 amide bonds. The fraction of sp³-hybridized carbons (Fsp3) is 0.267. The molecule has 0 fully saturated rings. The summed E-state index contributed by atoms with van der Waals surface area (Å²) >= 11 is 0. The van der Waals surface area contributed by atoms with Gasteiger partial charge >= 0.3 is 0 Å². The van der Waals surface area contributed by atoms with E-state index in [1.807, 2.05) is 36.7 Å². The largest absolute Gasteiger partial charge is 0.508 e. The Morgan fingerprint density at radius 3 is 2.42 bits per heavy atom. The minimum atomic E-state index is -0.0654. The Bertz CT molecular complexity index is 570. The maximum Gasteiger partial charge on any atom is 0.274 e. The number of phenolic OH excluding ortho intramolecular Hbond substituents is 1. The van der Waals surface area contributed by atoms with Crippen LogP contribution in [0.4, 0.5) is 5.69 Å². The van der Waals surface area contributed by atoms with Crippen LogP contribution in [0.1, 0.15) is 30.4 Å². The zero-order valence-corrected chi connectivity index (χ0v) is 11.4. The second-order valence-corrected chi connectivity index (χ2v) is 4.78. The lowest BCUT2D eigenvalue weighted by molar-refractivity contribution is 0.0982. The summed E-state index contributed by atoms with van der Waals surface area (Å²) in [6.07, 6.45) is 1.91. The number of carbonyl (C=O) groups excluding carboxylic acids is 1. The van der Waals surface area contributed by atoms with Crippen LogP contribution < -0.4 is 4.90 Å². The third-order valence-electron chi connectivity index (χ3n) is 3.10. The lowest BCUT2D eigenvalue weighted by atomic mass is 10.2. The maximum atomic E-state index is 12.5. The fourth-order valence-corrected chi connectivity index (χ4v) is 1.99. The number of aromatic hydroxyl groups is 1. The summed E-state index contributed by atoms with van der Waals surface area (Å²) in [5.41, 5.74) is 1.41. The van der Waals surface area contributed by atoms with Crippen molar-refractivity contribution >= 4 is 11.6 Å². The van der Waals surface area contributed by atoms with Gasteiger partial charge in [-0.15, -0.1) is 0 Å². The van der Waals surface area contributed by atoms with Gasteiger partial charge in [-0.3, -0.25) is 4.79 Å². The summed E-state index contributed by atoms with van der Waals surface area (Å²) < 4.78 is 1.94. The summed E-state index contributed by atoms with van der Waals surface area (Å²) in [5, 5.41) is 9.27. The molecule has 0 aliphatic rings. The first-order chi connectivity index (χ1) is 9.00. The number of benzene rings is 1. The molecule has 19 heavy (non-hydrogen) atoms. The van der Waals surface area contributed by atoms with E-state index < -0.39 is 0 Å². The van der Waals surface area contributed by atoms with Gasteiger partial charge in [-0.25, -0.2) is 0 Å². The van der Waals surface area contributed by atoms with Crippen molar-refractivity contribution in [3.8, 4) is 5.75 Å². The van der Waals surface area contributed by atoms with Crippen LogP contribution in [0.2, 0.25) is 0 Å². The van der Waals surface area contributed by atoms with Crippen molar-refractivity contribution in [2.75, 3.05) is 11.9 Å². The highest BCUT2D eigenvalue weighted by Crippen LogP contribution is 2.20. The Balaban J connectivity index is 2.28. The van der Waals surface area contributed by atoms with Crippen LogP contribution in [0.3, 0.4) is 0 Å². The molecule has 1 N–H and O–H groups in total. The molecule has 0 unspecified atom stereocenters. The molecule has 100 valence electrons. The number of hydrogen-bond acceptors (Lipinski definition) is 2. The smallest absolute Gasteiger partial charge is 0.274 e. The molecular weight excluding hydrogens is 240 g/mol. The summed E-state index contributed by atoms with van der Waals surface area (Å²) in [6.45, 7) is 4.08. The fourth-order valence-electron chi connectivity index (χ4n) is 1.99. The van der Waals surface area contributed by atoms with Gasteiger partial charge in [-0.2, -0.15) is 0 Å². The summed E-state index contributed by atoms with van der Waals surface area (Å²) in [4.78, 5) is 14.0. The molecule has 2 aromatic rings. The highest BCUT2D eigenvalue weighted by molar-refractivity contribution is 6.04. The Labute approximate surface area is 112 Å². The van der Waals surface area contributed by atoms with Gasteiger partial charge in [-0.05, 0) is 50.2 Å². The molecule has 1 aromatic carbocycles. The predicted octanol–water partition coefficient (Wildman–Crippen LogP) is 3.05. The average molecular weight is 258 g/mol. The molecule has 0 saturated heterocycles. The first-order valence-electron chi connectivity index (χ1n) is 6.24. The number of nitrogens with zero attached hydrogens (tertiary/aromatic N) is 2. The number of rotatable bonds is 3. The Hall–Kier alpha value is -2.23. The normalized spacial score (nSPS) is 10.7. The first-order valence-corrected chi connectivity index (χ1v) is 6.24. The van der Waals surface area contributed by atoms with Gasteiger partial charge in [0.1, 0.15) is 11.4 Å². The van der Waals surface area contributed by atoms with Crippen LogP contribution in [0.5, 0.6) is 5.75 Å². The number of aromatic nitrogens is 1. The van der Waals surface area contributed by atoms with E-state index in [0.29, 0.717) is 5.69 Å². The lowest BCUT2D eigenvalue weighted by Gasteiger charge is -2.20. The Kier molecular flexibility index (Phi) is 3.60. The van der Waals surface area contributed by atoms with Crippen molar-refractivity contribution in [1.82, 2.24) is 4.57 Å². The van der Waals surface area contributed by atoms with E-state index in [2.05, 4.69) is 0 Å². The molecule has 0 radical (unpaired) electrons. The average Bonchev–Trinajstić information content (AvgIpc) is 2.87. The number of hydrogen-bond donors (Lipinski definition) is 1. The second-order valence-electron chi connectivity index (χ2n) is 4.78. The van der Waals surface area contributed by atoms with Gasteiger partial charge in [0.25, 0.3) is 5.91 Å². The van der Waals surface area contributed by atoms with Crippen molar-refractivity contribution in [1.29, 1.82) is 0 Å². The molecule has 0 aliphatic heterocycles. The van der Waals surface area contributed by atoms with Gasteiger partial charge in [0.2, 0.25) is 0 Å². The number of carbonyl (C=O) groups is 1. The Morgan fingerprint density at radius 2 is 1.84 bits per heavy atom. The SMILES string of the molecule is CC(C)n1cccc1C(=O)N(C)c1ccc(O)cc1. The summed E-state index contributed by atoms with van der Waals surface area (Å²) in [6, 6.07) is 10.5. The molecule has 0 atom stereocenters. The van der Waals surface area contributed by atoms with E-state index in [4.69, 9.17) is 0 Å². The van der Waals surface area contributed by atoms with Gasteiger partial charge in [0.15, 0.2) is 0 Å². The molecule has 0 spiro atoms. The molecule has 4 heteroatoms. The molecule has 1 aromatic heterocycles. The summed E-state index contributed by atoms with van der Waals surface area (Å²) in [5.74, 6) is 0.125. The van der Waals surface area contributed by atoms with Crippen LogP contribution >= 0.6 is 0 Å². The van der Waals surface area contributed by atoms with E-state index in [-0.39, 0.29) is 17.7 Å². The van der Waals surface area contributed by atoms with E-state index in [1.54, 1.807) is 36.2 Å². The van der Waals surface area contributed by atoms with Crippen molar-refractivity contribution in [3.63, 3.8) is 0 Å². The van der Waals surface area contributed by atoms with Crippen molar-refractivity contribution in [3.05, 3.63) is 48.3 Å². The van der Waals surface area contributed by atoms with Crippen molar-refractivity contribution in [2.45, 2.75) is 19.9 Å². The molecule has 4 nitrogen and oxygen atoms in total. The van der Waals surface area contributed by atoms with Crippen molar-refractivity contribution < 1.29 is 9.90 Å². The van der Waals surface area contributed by atoms with Gasteiger partial charge < -0.3 is 14.6 Å². The van der Waals surface area contributed by atoms with Crippen LogP contribution in [0.15, 0.2) is 42.6 Å². The zero-order valence-electron chi connectivity index (χ0n) is 11.4. The monoisotopic (exact) mass is 258 g/mol. The number of amides is 1. The predicted molar refractivity (Wildman–Crippen MR) is 75.7 cm³/mol. The first kappa shape index (κ1) is 13.2. The van der Waals surface area contributed by atoms with E-state index >= 15 is 0 Å². The van der Waals surface area contributed by atoms with E-state index in [0.717, 1.165) is 5.69 Å². The number of anilines is 1. The summed E-state index contributed by atoms with van der Waals surface area (Å²) in [7, 11) is 1.73. The third-order valence-corrected chi connectivity index (χ3v) is 3.10. The molecule has 0 bridgehead atoms. The van der Waals surface area contributed by atoms with Crippen LogP contribution in [-0.4, -0.2) is 22.6 Å².